The molecular formula is C26H25NO2. The molecule has 0 aliphatic carbocycles. The van der Waals surface area contributed by atoms with E-state index in [4.69, 9.17) is 4.74 Å². The molecule has 0 saturated carbocycles. The molecule has 146 valence electrons. The average Bonchev–Trinajstić information content (AvgIpc) is 2.75. The summed E-state index contributed by atoms with van der Waals surface area (Å²) in [7, 11) is 1.84. The molecule has 3 nitrogen and oxygen atoms in total. The van der Waals surface area contributed by atoms with Gasteiger partial charge in [0.05, 0.1) is 18.9 Å². The van der Waals surface area contributed by atoms with Crippen molar-refractivity contribution < 1.29 is 4.74 Å². The fourth-order valence-electron chi connectivity index (χ4n) is 3.76. The molecule has 4 aromatic rings. The fraction of sp³-hybridized carbons (Fsp3) is 0.192. The molecule has 0 atom stereocenters. The number of pyridine rings is 1. The highest BCUT2D eigenvalue weighted by molar-refractivity contribution is 5.98. The van der Waals surface area contributed by atoms with Crippen LogP contribution in [0.4, 0.5) is 0 Å². The van der Waals surface area contributed by atoms with Crippen LogP contribution in [0, 0.1) is 13.8 Å². The first kappa shape index (κ1) is 19.2. The number of aromatic nitrogens is 1. The predicted molar refractivity (Wildman–Crippen MR) is 119 cm³/mol. The van der Waals surface area contributed by atoms with Crippen LogP contribution in [0.25, 0.3) is 21.9 Å². The average molecular weight is 383 g/mol. The summed E-state index contributed by atoms with van der Waals surface area (Å²) in [5, 5.41) is 1.74. The second-order valence-electron chi connectivity index (χ2n) is 7.51. The summed E-state index contributed by atoms with van der Waals surface area (Å²) in [6.07, 6.45) is 0. The van der Waals surface area contributed by atoms with Crippen LogP contribution in [-0.4, -0.2) is 4.57 Å². The number of hydrogen-bond acceptors (Lipinski definition) is 2. The van der Waals surface area contributed by atoms with E-state index in [2.05, 4.69) is 25.1 Å². The second-order valence-corrected chi connectivity index (χ2v) is 7.51. The van der Waals surface area contributed by atoms with Gasteiger partial charge in [0.1, 0.15) is 0 Å². The van der Waals surface area contributed by atoms with Crippen molar-refractivity contribution in [1.82, 2.24) is 4.57 Å². The Bertz CT molecular complexity index is 1210. The number of ether oxygens (including phenoxy) is 1. The van der Waals surface area contributed by atoms with Crippen LogP contribution in [-0.2, 0) is 25.0 Å². The van der Waals surface area contributed by atoms with Gasteiger partial charge in [-0.2, -0.15) is 0 Å². The quantitative estimate of drug-likeness (QED) is 0.453. The number of hydrogen-bond donors (Lipinski definition) is 0. The van der Waals surface area contributed by atoms with E-state index in [9.17, 15) is 4.79 Å². The monoisotopic (exact) mass is 383 g/mol. The molecule has 0 bridgehead atoms. The van der Waals surface area contributed by atoms with Gasteiger partial charge in [-0.25, -0.2) is 0 Å². The van der Waals surface area contributed by atoms with E-state index in [0.717, 1.165) is 38.7 Å². The summed E-state index contributed by atoms with van der Waals surface area (Å²) < 4.78 is 7.79. The van der Waals surface area contributed by atoms with Gasteiger partial charge in [-0.05, 0) is 47.6 Å². The Balaban J connectivity index is 1.87. The van der Waals surface area contributed by atoms with Crippen LogP contribution in [0.5, 0.6) is 0 Å². The minimum Gasteiger partial charge on any atom is -0.371 e. The van der Waals surface area contributed by atoms with E-state index in [1.54, 1.807) is 4.57 Å². The first-order valence-electron chi connectivity index (χ1n) is 9.86. The molecule has 0 amide bonds. The Morgan fingerprint density at radius 1 is 0.793 bits per heavy atom. The van der Waals surface area contributed by atoms with Gasteiger partial charge in [0.25, 0.3) is 5.56 Å². The Kier molecular flexibility index (Phi) is 5.32. The highest BCUT2D eigenvalue weighted by Crippen LogP contribution is 2.32. The highest BCUT2D eigenvalue weighted by atomic mass is 16.5. The SMILES string of the molecule is Cc1cc2c(-c3ccccc3)c(COCc3ccccc3)n(C)c(=O)c2cc1C. The van der Waals surface area contributed by atoms with E-state index in [-0.39, 0.29) is 5.56 Å². The van der Waals surface area contributed by atoms with E-state index in [1.807, 2.05) is 68.6 Å². The van der Waals surface area contributed by atoms with Crippen molar-refractivity contribution in [3.63, 3.8) is 0 Å². The summed E-state index contributed by atoms with van der Waals surface area (Å²) in [4.78, 5) is 13.1. The minimum atomic E-state index is 0.0149. The van der Waals surface area contributed by atoms with Crippen LogP contribution in [0.2, 0.25) is 0 Å². The lowest BCUT2D eigenvalue weighted by atomic mass is 9.94. The molecule has 4 rings (SSSR count). The summed E-state index contributed by atoms with van der Waals surface area (Å²) in [5.41, 5.74) is 6.49. The van der Waals surface area contributed by atoms with Crippen LogP contribution >= 0.6 is 0 Å². The Morgan fingerprint density at radius 3 is 2.03 bits per heavy atom. The zero-order chi connectivity index (χ0) is 20.4. The highest BCUT2D eigenvalue weighted by Gasteiger charge is 2.17. The summed E-state index contributed by atoms with van der Waals surface area (Å²) in [5.74, 6) is 0. The van der Waals surface area contributed by atoms with Gasteiger partial charge >= 0.3 is 0 Å². The lowest BCUT2D eigenvalue weighted by Gasteiger charge is -2.19. The molecule has 0 aliphatic heterocycles. The van der Waals surface area contributed by atoms with Gasteiger partial charge in [0.2, 0.25) is 0 Å². The summed E-state index contributed by atoms with van der Waals surface area (Å²) >= 11 is 0. The molecule has 0 aliphatic rings. The van der Waals surface area contributed by atoms with Gasteiger partial charge in [-0.3, -0.25) is 4.79 Å². The van der Waals surface area contributed by atoms with Gasteiger partial charge < -0.3 is 9.30 Å². The van der Waals surface area contributed by atoms with Crippen molar-refractivity contribution in [2.45, 2.75) is 27.1 Å². The van der Waals surface area contributed by atoms with E-state index >= 15 is 0 Å². The fourth-order valence-corrected chi connectivity index (χ4v) is 3.76. The normalized spacial score (nSPS) is 11.1. The van der Waals surface area contributed by atoms with E-state index in [0.29, 0.717) is 13.2 Å². The minimum absolute atomic E-state index is 0.0149. The molecule has 0 fully saturated rings. The molecule has 3 aromatic carbocycles. The van der Waals surface area contributed by atoms with Crippen molar-refractivity contribution in [2.75, 3.05) is 0 Å². The van der Waals surface area contributed by atoms with Crippen LogP contribution in [0.1, 0.15) is 22.4 Å². The maximum absolute atomic E-state index is 13.1. The largest absolute Gasteiger partial charge is 0.371 e. The third kappa shape index (κ3) is 3.74. The Labute approximate surface area is 171 Å². The van der Waals surface area contributed by atoms with Crippen LogP contribution in [0.15, 0.2) is 77.6 Å². The molecular weight excluding hydrogens is 358 g/mol. The Hall–Kier alpha value is -3.17. The van der Waals surface area contributed by atoms with Crippen molar-refractivity contribution in [1.29, 1.82) is 0 Å². The van der Waals surface area contributed by atoms with E-state index < -0.39 is 0 Å². The number of fused-ring (bicyclic) bond motifs is 1. The molecule has 0 unspecified atom stereocenters. The maximum Gasteiger partial charge on any atom is 0.258 e. The molecule has 0 N–H and O–H groups in total. The van der Waals surface area contributed by atoms with Crippen molar-refractivity contribution in [3.8, 4) is 11.1 Å². The molecule has 0 radical (unpaired) electrons. The maximum atomic E-state index is 13.1. The van der Waals surface area contributed by atoms with E-state index in [1.165, 1.54) is 5.56 Å². The molecule has 0 saturated heterocycles. The summed E-state index contributed by atoms with van der Waals surface area (Å²) in [6.45, 7) is 5.02. The first-order valence-corrected chi connectivity index (χ1v) is 9.86. The summed E-state index contributed by atoms with van der Waals surface area (Å²) in [6, 6.07) is 24.5. The first-order chi connectivity index (χ1) is 14.1. The van der Waals surface area contributed by atoms with Crippen molar-refractivity contribution in [2.24, 2.45) is 7.05 Å². The lowest BCUT2D eigenvalue weighted by Crippen LogP contribution is -2.22. The van der Waals surface area contributed by atoms with Crippen LogP contribution < -0.4 is 5.56 Å². The van der Waals surface area contributed by atoms with Gasteiger partial charge in [0, 0.05) is 18.0 Å². The molecule has 1 aromatic heterocycles. The number of aryl methyl sites for hydroxylation is 2. The van der Waals surface area contributed by atoms with Crippen molar-refractivity contribution in [3.05, 3.63) is 106 Å². The zero-order valence-corrected chi connectivity index (χ0v) is 17.1. The van der Waals surface area contributed by atoms with Gasteiger partial charge in [0.15, 0.2) is 0 Å². The third-order valence-electron chi connectivity index (χ3n) is 5.54. The number of nitrogens with zero attached hydrogens (tertiary/aromatic N) is 1. The zero-order valence-electron chi connectivity index (χ0n) is 17.1. The topological polar surface area (TPSA) is 31.2 Å². The smallest absolute Gasteiger partial charge is 0.258 e. The molecule has 0 spiro atoms. The van der Waals surface area contributed by atoms with Crippen LogP contribution in [0.3, 0.4) is 0 Å². The lowest BCUT2D eigenvalue weighted by molar-refractivity contribution is 0.103. The number of benzene rings is 3. The standard InChI is InChI=1S/C26H25NO2/c1-18-14-22-23(15-19(18)2)26(28)27(3)24(25(22)21-12-8-5-9-13-21)17-29-16-20-10-6-4-7-11-20/h4-15H,16-17H2,1-3H3. The Morgan fingerprint density at radius 2 is 1.38 bits per heavy atom. The molecule has 29 heavy (non-hydrogen) atoms. The second kappa shape index (κ2) is 8.06. The molecule has 3 heteroatoms. The van der Waals surface area contributed by atoms with Crippen molar-refractivity contribution >= 4 is 10.8 Å². The van der Waals surface area contributed by atoms with Gasteiger partial charge in [-0.1, -0.05) is 66.7 Å². The van der Waals surface area contributed by atoms with Gasteiger partial charge in [-0.15, -0.1) is 0 Å². The molecule has 1 heterocycles. The predicted octanol–water partition coefficient (Wildman–Crippen LogP) is 5.54. The third-order valence-corrected chi connectivity index (χ3v) is 5.54. The number of rotatable bonds is 5.